The molecule has 4 N–H and O–H groups in total. The molecule has 7 nitrogen and oxygen atoms in total. The van der Waals surface area contributed by atoms with Gasteiger partial charge in [0, 0.05) is 35.8 Å². The minimum Gasteiger partial charge on any atom is -0.507 e. The zero-order chi connectivity index (χ0) is 19.7. The highest BCUT2D eigenvalue weighted by Crippen LogP contribution is 2.35. The number of fused-ring (bicyclic) bond motifs is 1. The summed E-state index contributed by atoms with van der Waals surface area (Å²) >= 11 is 5.99. The van der Waals surface area contributed by atoms with Crippen molar-refractivity contribution in [2.24, 2.45) is 0 Å². The lowest BCUT2D eigenvalue weighted by Crippen LogP contribution is -2.45. The topological polar surface area (TPSA) is 103 Å². The predicted octanol–water partition coefficient (Wildman–Crippen LogP) is 3.47. The standard InChI is InChI=1S/C20H23ClN4O3/c1-11-8-12(21)9-16(27)18(11)15-4-5-17-19(24-15)25-20(28-17)23-14-3-2-13(6-7-26)22-10-14/h4-5,8-9,13-14,22,26-27H,2-3,6-7,10H2,1H3,(H,23,24,25). The number of rotatable bonds is 5. The molecule has 0 aliphatic carbocycles. The minimum absolute atomic E-state index is 0.0874. The molecule has 3 aromatic rings. The second-order valence-electron chi connectivity index (χ2n) is 7.19. The first kappa shape index (κ1) is 19.0. The molecule has 0 spiro atoms. The Labute approximate surface area is 167 Å². The van der Waals surface area contributed by atoms with E-state index in [-0.39, 0.29) is 18.4 Å². The Hall–Kier alpha value is -2.35. The number of pyridine rings is 1. The molecule has 148 valence electrons. The molecule has 0 saturated carbocycles. The average Bonchev–Trinajstić information content (AvgIpc) is 3.04. The van der Waals surface area contributed by atoms with Gasteiger partial charge in [-0.2, -0.15) is 4.98 Å². The summed E-state index contributed by atoms with van der Waals surface area (Å²) in [6.45, 7) is 2.88. The summed E-state index contributed by atoms with van der Waals surface area (Å²) < 4.78 is 5.78. The smallest absolute Gasteiger partial charge is 0.297 e. The summed E-state index contributed by atoms with van der Waals surface area (Å²) in [4.78, 5) is 9.02. The van der Waals surface area contributed by atoms with Gasteiger partial charge in [0.1, 0.15) is 5.75 Å². The molecule has 0 amide bonds. The second kappa shape index (κ2) is 7.95. The molecule has 2 atom stereocenters. The molecule has 8 heteroatoms. The van der Waals surface area contributed by atoms with E-state index in [0.29, 0.717) is 39.6 Å². The van der Waals surface area contributed by atoms with E-state index >= 15 is 0 Å². The Morgan fingerprint density at radius 3 is 2.86 bits per heavy atom. The molecule has 1 aliphatic rings. The lowest BCUT2D eigenvalue weighted by Gasteiger charge is -2.29. The summed E-state index contributed by atoms with van der Waals surface area (Å²) in [6, 6.07) is 7.92. The van der Waals surface area contributed by atoms with Crippen molar-refractivity contribution in [1.29, 1.82) is 0 Å². The third-order valence-corrected chi connectivity index (χ3v) is 5.33. The highest BCUT2D eigenvalue weighted by atomic mass is 35.5. The number of aromatic hydroxyl groups is 1. The first-order chi connectivity index (χ1) is 13.5. The van der Waals surface area contributed by atoms with Crippen molar-refractivity contribution >= 4 is 28.8 Å². The van der Waals surface area contributed by atoms with Crippen LogP contribution in [0.1, 0.15) is 24.8 Å². The van der Waals surface area contributed by atoms with E-state index in [1.165, 1.54) is 6.07 Å². The van der Waals surface area contributed by atoms with E-state index in [9.17, 15) is 5.11 Å². The van der Waals surface area contributed by atoms with Crippen molar-refractivity contribution in [1.82, 2.24) is 15.3 Å². The van der Waals surface area contributed by atoms with Gasteiger partial charge >= 0.3 is 0 Å². The third kappa shape index (κ3) is 3.92. The Kier molecular flexibility index (Phi) is 5.39. The van der Waals surface area contributed by atoms with Gasteiger partial charge < -0.3 is 25.3 Å². The van der Waals surface area contributed by atoms with Gasteiger partial charge in [-0.3, -0.25) is 0 Å². The zero-order valence-electron chi connectivity index (χ0n) is 15.6. The van der Waals surface area contributed by atoms with Crippen LogP contribution in [0.15, 0.2) is 28.7 Å². The van der Waals surface area contributed by atoms with Crippen LogP contribution in [0.25, 0.3) is 22.5 Å². The van der Waals surface area contributed by atoms with Crippen molar-refractivity contribution in [3.05, 3.63) is 34.9 Å². The van der Waals surface area contributed by atoms with Gasteiger partial charge in [-0.15, -0.1) is 0 Å². The first-order valence-electron chi connectivity index (χ1n) is 9.41. The second-order valence-corrected chi connectivity index (χ2v) is 7.63. The van der Waals surface area contributed by atoms with Crippen molar-refractivity contribution in [2.75, 3.05) is 18.5 Å². The Bertz CT molecular complexity index is 960. The van der Waals surface area contributed by atoms with Crippen molar-refractivity contribution in [3.63, 3.8) is 0 Å². The molecule has 1 aliphatic heterocycles. The van der Waals surface area contributed by atoms with E-state index in [1.54, 1.807) is 18.2 Å². The van der Waals surface area contributed by atoms with Gasteiger partial charge in [-0.25, -0.2) is 4.98 Å². The molecule has 28 heavy (non-hydrogen) atoms. The zero-order valence-corrected chi connectivity index (χ0v) is 16.3. The summed E-state index contributed by atoms with van der Waals surface area (Å²) in [5.74, 6) is 0.0874. The van der Waals surface area contributed by atoms with Crippen molar-refractivity contribution in [3.8, 4) is 17.0 Å². The SMILES string of the molecule is Cc1cc(Cl)cc(O)c1-c1ccc2oc(NC3CCC(CCO)NC3)nc2n1. The fraction of sp³-hybridized carbons (Fsp3) is 0.400. The van der Waals surface area contributed by atoms with E-state index < -0.39 is 0 Å². The summed E-state index contributed by atoms with van der Waals surface area (Å²) in [5.41, 5.74) is 3.15. The Morgan fingerprint density at radius 1 is 1.29 bits per heavy atom. The molecule has 2 unspecified atom stereocenters. The fourth-order valence-electron chi connectivity index (χ4n) is 3.69. The Balaban J connectivity index is 1.53. The van der Waals surface area contributed by atoms with Crippen LogP contribution in [-0.4, -0.2) is 45.4 Å². The summed E-state index contributed by atoms with van der Waals surface area (Å²) in [7, 11) is 0. The Morgan fingerprint density at radius 2 is 2.14 bits per heavy atom. The van der Waals surface area contributed by atoms with Crippen molar-refractivity contribution in [2.45, 2.75) is 38.3 Å². The van der Waals surface area contributed by atoms with Crippen molar-refractivity contribution < 1.29 is 14.6 Å². The van der Waals surface area contributed by atoms with Crippen LogP contribution in [0.5, 0.6) is 5.75 Å². The van der Waals surface area contributed by atoms with Gasteiger partial charge in [0.05, 0.1) is 5.69 Å². The number of piperidine rings is 1. The quantitative estimate of drug-likeness (QED) is 0.518. The summed E-state index contributed by atoms with van der Waals surface area (Å²) in [5, 5.41) is 26.5. The highest BCUT2D eigenvalue weighted by molar-refractivity contribution is 6.31. The van der Waals surface area contributed by atoms with Crippen LogP contribution in [0, 0.1) is 6.92 Å². The monoisotopic (exact) mass is 402 g/mol. The van der Waals surface area contributed by atoms with Gasteiger partial charge in [0.2, 0.25) is 5.65 Å². The van der Waals surface area contributed by atoms with Gasteiger partial charge in [0.25, 0.3) is 6.01 Å². The van der Waals surface area contributed by atoms with E-state index in [0.717, 1.165) is 31.4 Å². The number of nitrogens with zero attached hydrogens (tertiary/aromatic N) is 2. The van der Waals surface area contributed by atoms with Crippen LogP contribution >= 0.6 is 11.6 Å². The van der Waals surface area contributed by atoms with Crippen LogP contribution in [0.2, 0.25) is 5.02 Å². The normalized spacial score (nSPS) is 19.8. The number of oxazole rings is 1. The van der Waals surface area contributed by atoms with Gasteiger partial charge in [-0.1, -0.05) is 11.6 Å². The van der Waals surface area contributed by atoms with E-state index in [4.69, 9.17) is 21.1 Å². The van der Waals surface area contributed by atoms with Gasteiger partial charge in [0.15, 0.2) is 5.58 Å². The number of aromatic nitrogens is 2. The lowest BCUT2D eigenvalue weighted by atomic mass is 9.99. The molecule has 2 aromatic heterocycles. The highest BCUT2D eigenvalue weighted by Gasteiger charge is 2.22. The molecule has 0 bridgehead atoms. The molecule has 4 rings (SSSR count). The molecular formula is C20H23ClN4O3. The maximum atomic E-state index is 10.3. The number of anilines is 1. The average molecular weight is 403 g/mol. The fourth-order valence-corrected chi connectivity index (χ4v) is 3.96. The number of aryl methyl sites for hydroxylation is 1. The molecule has 0 radical (unpaired) electrons. The van der Waals surface area contributed by atoms with Gasteiger partial charge in [-0.05, 0) is 56.0 Å². The van der Waals surface area contributed by atoms with E-state index in [1.807, 2.05) is 6.92 Å². The number of hydrogen-bond donors (Lipinski definition) is 4. The summed E-state index contributed by atoms with van der Waals surface area (Å²) in [6.07, 6.45) is 2.75. The number of aliphatic hydroxyl groups is 1. The lowest BCUT2D eigenvalue weighted by molar-refractivity contribution is 0.246. The number of phenols is 1. The molecule has 1 fully saturated rings. The molecule has 1 saturated heterocycles. The number of halogens is 1. The van der Waals surface area contributed by atoms with Crippen LogP contribution in [0.4, 0.5) is 6.01 Å². The molecule has 1 aromatic carbocycles. The largest absolute Gasteiger partial charge is 0.507 e. The number of hydrogen-bond acceptors (Lipinski definition) is 7. The predicted molar refractivity (Wildman–Crippen MR) is 109 cm³/mol. The van der Waals surface area contributed by atoms with Crippen LogP contribution < -0.4 is 10.6 Å². The maximum absolute atomic E-state index is 10.3. The third-order valence-electron chi connectivity index (χ3n) is 5.11. The molecular weight excluding hydrogens is 380 g/mol. The number of nitrogens with one attached hydrogen (secondary N) is 2. The number of benzene rings is 1. The first-order valence-corrected chi connectivity index (χ1v) is 9.79. The van der Waals surface area contributed by atoms with E-state index in [2.05, 4.69) is 20.6 Å². The maximum Gasteiger partial charge on any atom is 0.297 e. The number of phenolic OH excluding ortho intramolecular Hbond substituents is 1. The minimum atomic E-state index is 0.0874. The number of aliphatic hydroxyl groups excluding tert-OH is 1. The van der Waals surface area contributed by atoms with Crippen LogP contribution in [-0.2, 0) is 0 Å². The van der Waals surface area contributed by atoms with Crippen LogP contribution in [0.3, 0.4) is 0 Å². The molecule has 3 heterocycles.